The molecule has 4 nitrogen and oxygen atoms in total. The first kappa shape index (κ1) is 13.3. The lowest BCUT2D eigenvalue weighted by atomic mass is 10.1. The second-order valence-corrected chi connectivity index (χ2v) is 4.50. The van der Waals surface area contributed by atoms with Gasteiger partial charge >= 0.3 is 0 Å². The molecule has 2 N–H and O–H groups in total. The van der Waals surface area contributed by atoms with Crippen molar-refractivity contribution in [2.24, 2.45) is 5.10 Å². The van der Waals surface area contributed by atoms with E-state index in [0.717, 1.165) is 5.69 Å². The molecule has 0 aliphatic rings. The molecule has 0 saturated carbocycles. The molecule has 1 aromatic carbocycles. The second kappa shape index (κ2) is 6.15. The van der Waals surface area contributed by atoms with Crippen LogP contribution in [-0.2, 0) is 0 Å². The zero-order chi connectivity index (χ0) is 13.7. The highest BCUT2D eigenvalue weighted by Gasteiger charge is 2.01. The second-order valence-electron chi connectivity index (χ2n) is 4.09. The lowest BCUT2D eigenvalue weighted by Crippen LogP contribution is -2.24. The first-order chi connectivity index (χ1) is 9.16. The Hall–Kier alpha value is -2.14. The molecular formula is C14H15N3OS. The highest BCUT2D eigenvalue weighted by atomic mass is 32.1. The van der Waals surface area contributed by atoms with Gasteiger partial charge in [-0.15, -0.1) is 0 Å². The number of nitrogens with one attached hydrogen (secondary N) is 2. The molecule has 0 bridgehead atoms. The average Bonchev–Trinajstić information content (AvgIpc) is 2.88. The zero-order valence-electron chi connectivity index (χ0n) is 10.8. The third-order valence-corrected chi connectivity index (χ3v) is 2.95. The van der Waals surface area contributed by atoms with Gasteiger partial charge in [-0.3, -0.25) is 5.43 Å². The molecule has 1 aromatic heterocycles. The van der Waals surface area contributed by atoms with Gasteiger partial charge in [0.2, 0.25) is 0 Å². The fourth-order valence-corrected chi connectivity index (χ4v) is 1.72. The highest BCUT2D eigenvalue weighted by Crippen LogP contribution is 2.17. The van der Waals surface area contributed by atoms with Crippen LogP contribution in [0, 0.1) is 13.8 Å². The Morgan fingerprint density at radius 2 is 2.11 bits per heavy atom. The summed E-state index contributed by atoms with van der Waals surface area (Å²) in [6.07, 6.45) is 3.16. The minimum atomic E-state index is 0.441. The van der Waals surface area contributed by atoms with Crippen molar-refractivity contribution >= 4 is 29.2 Å². The van der Waals surface area contributed by atoms with Crippen LogP contribution in [0.2, 0.25) is 0 Å². The number of nitrogens with zero attached hydrogens (tertiary/aromatic N) is 1. The van der Waals surface area contributed by atoms with Crippen LogP contribution < -0.4 is 10.7 Å². The monoisotopic (exact) mass is 273 g/mol. The van der Waals surface area contributed by atoms with Gasteiger partial charge in [0.1, 0.15) is 5.76 Å². The van der Waals surface area contributed by atoms with Gasteiger partial charge in [0.05, 0.1) is 12.5 Å². The maximum Gasteiger partial charge on any atom is 0.191 e. The van der Waals surface area contributed by atoms with Crippen molar-refractivity contribution in [1.82, 2.24) is 5.43 Å². The molecule has 2 aromatic rings. The molecule has 0 unspecified atom stereocenters. The van der Waals surface area contributed by atoms with E-state index < -0.39 is 0 Å². The topological polar surface area (TPSA) is 49.6 Å². The number of benzene rings is 1. The van der Waals surface area contributed by atoms with E-state index in [9.17, 15) is 0 Å². The van der Waals surface area contributed by atoms with Crippen molar-refractivity contribution in [1.29, 1.82) is 0 Å². The number of aryl methyl sites for hydroxylation is 1. The van der Waals surface area contributed by atoms with Crippen molar-refractivity contribution in [3.63, 3.8) is 0 Å². The summed E-state index contributed by atoms with van der Waals surface area (Å²) in [5, 5.41) is 7.54. The summed E-state index contributed by atoms with van der Waals surface area (Å²) in [6.45, 7) is 4.11. The molecule has 0 atom stereocenters. The van der Waals surface area contributed by atoms with Crippen molar-refractivity contribution in [2.45, 2.75) is 13.8 Å². The summed E-state index contributed by atoms with van der Waals surface area (Å²) in [4.78, 5) is 0. The molecule has 19 heavy (non-hydrogen) atoms. The van der Waals surface area contributed by atoms with Crippen LogP contribution in [0.3, 0.4) is 0 Å². The molecule has 5 heteroatoms. The minimum Gasteiger partial charge on any atom is -0.463 e. The van der Waals surface area contributed by atoms with Gasteiger partial charge in [0.15, 0.2) is 5.11 Å². The van der Waals surface area contributed by atoms with Crippen LogP contribution in [0.25, 0.3) is 0 Å². The predicted octanol–water partition coefficient (Wildman–Crippen LogP) is 3.22. The quantitative estimate of drug-likeness (QED) is 0.512. The Labute approximate surface area is 117 Å². The predicted molar refractivity (Wildman–Crippen MR) is 81.6 cm³/mol. The van der Waals surface area contributed by atoms with Gasteiger partial charge in [-0.2, -0.15) is 5.10 Å². The van der Waals surface area contributed by atoms with Crippen molar-refractivity contribution in [3.05, 3.63) is 53.5 Å². The summed E-state index contributed by atoms with van der Waals surface area (Å²) in [5.74, 6) is 0.669. The Balaban J connectivity index is 1.93. The third kappa shape index (κ3) is 3.66. The third-order valence-electron chi connectivity index (χ3n) is 2.75. The van der Waals surface area contributed by atoms with Crippen LogP contribution >= 0.6 is 12.2 Å². The van der Waals surface area contributed by atoms with Crippen LogP contribution in [-0.4, -0.2) is 11.3 Å². The van der Waals surface area contributed by atoms with E-state index in [1.807, 2.05) is 25.1 Å². The fraction of sp³-hybridized carbons (Fsp3) is 0.143. The molecule has 2 rings (SSSR count). The van der Waals surface area contributed by atoms with Gasteiger partial charge in [-0.1, -0.05) is 12.1 Å². The minimum absolute atomic E-state index is 0.441. The lowest BCUT2D eigenvalue weighted by Gasteiger charge is -2.11. The number of hydrogen-bond acceptors (Lipinski definition) is 3. The number of anilines is 1. The van der Waals surface area contributed by atoms with Crippen LogP contribution in [0.4, 0.5) is 5.69 Å². The largest absolute Gasteiger partial charge is 0.463 e. The zero-order valence-corrected chi connectivity index (χ0v) is 11.6. The molecular weight excluding hydrogens is 258 g/mol. The molecule has 0 saturated heterocycles. The van der Waals surface area contributed by atoms with Crippen LogP contribution in [0.1, 0.15) is 16.9 Å². The Morgan fingerprint density at radius 3 is 2.84 bits per heavy atom. The molecule has 0 fully saturated rings. The van der Waals surface area contributed by atoms with E-state index in [4.69, 9.17) is 16.6 Å². The fourth-order valence-electron chi connectivity index (χ4n) is 1.56. The van der Waals surface area contributed by atoms with Crippen LogP contribution in [0.15, 0.2) is 46.1 Å². The van der Waals surface area contributed by atoms with E-state index in [0.29, 0.717) is 10.9 Å². The van der Waals surface area contributed by atoms with E-state index in [1.165, 1.54) is 11.1 Å². The van der Waals surface area contributed by atoms with E-state index in [2.05, 4.69) is 28.8 Å². The van der Waals surface area contributed by atoms with Crippen LogP contribution in [0.5, 0.6) is 0 Å². The van der Waals surface area contributed by atoms with Gasteiger partial charge in [0.25, 0.3) is 0 Å². The van der Waals surface area contributed by atoms with Gasteiger partial charge in [-0.05, 0) is 55.4 Å². The molecule has 0 amide bonds. The standard InChI is InChI=1S/C14H15N3OS/c1-10-5-3-7-13(11(10)2)16-14(19)17-15-9-12-6-4-8-18-12/h3-9H,1-2H3,(H2,16,17,19)/b15-9-. The smallest absolute Gasteiger partial charge is 0.191 e. The van der Waals surface area contributed by atoms with E-state index in [-0.39, 0.29) is 0 Å². The number of hydrazone groups is 1. The molecule has 0 aliphatic heterocycles. The van der Waals surface area contributed by atoms with E-state index >= 15 is 0 Å². The maximum absolute atomic E-state index is 5.17. The molecule has 0 spiro atoms. The van der Waals surface area contributed by atoms with Crippen molar-refractivity contribution < 1.29 is 4.42 Å². The molecule has 98 valence electrons. The molecule has 1 heterocycles. The van der Waals surface area contributed by atoms with Crippen molar-refractivity contribution in [3.8, 4) is 0 Å². The number of furan rings is 1. The first-order valence-corrected chi connectivity index (χ1v) is 6.27. The summed E-state index contributed by atoms with van der Waals surface area (Å²) in [6, 6.07) is 9.64. The lowest BCUT2D eigenvalue weighted by molar-refractivity contribution is 0.560. The number of rotatable bonds is 3. The summed E-state index contributed by atoms with van der Waals surface area (Å²) in [5.41, 5.74) is 6.11. The maximum atomic E-state index is 5.17. The highest BCUT2D eigenvalue weighted by molar-refractivity contribution is 7.80. The first-order valence-electron chi connectivity index (χ1n) is 5.86. The molecule has 0 radical (unpaired) electrons. The van der Waals surface area contributed by atoms with Crippen molar-refractivity contribution in [2.75, 3.05) is 5.32 Å². The van der Waals surface area contributed by atoms with Gasteiger partial charge in [0, 0.05) is 5.69 Å². The van der Waals surface area contributed by atoms with E-state index in [1.54, 1.807) is 18.5 Å². The normalized spacial score (nSPS) is 10.6. The number of thiocarbonyl (C=S) groups is 1. The summed E-state index contributed by atoms with van der Waals surface area (Å²) in [7, 11) is 0. The molecule has 0 aliphatic carbocycles. The SMILES string of the molecule is Cc1cccc(NC(=S)N/N=C\c2ccco2)c1C. The number of hydrogen-bond donors (Lipinski definition) is 2. The average molecular weight is 273 g/mol. The van der Waals surface area contributed by atoms with Gasteiger partial charge in [-0.25, -0.2) is 0 Å². The Bertz CT molecular complexity index is 591. The Morgan fingerprint density at radius 1 is 1.26 bits per heavy atom. The summed E-state index contributed by atoms with van der Waals surface area (Å²) >= 11 is 5.17. The Kier molecular flexibility index (Phi) is 4.30. The van der Waals surface area contributed by atoms with Gasteiger partial charge < -0.3 is 9.73 Å². The summed E-state index contributed by atoms with van der Waals surface area (Å²) < 4.78 is 5.12.